The standard InChI is InChI=1S/C14H19NO2/c1-4-9-15(10-5-2)13(6-3)14-8-7-12(11-16)17-14/h4-8,13,16H,1-3,9-11H2. The number of aliphatic hydroxyl groups excluding tert-OH is 1. The molecule has 0 bridgehead atoms. The van der Waals surface area contributed by atoms with E-state index in [1.165, 1.54) is 0 Å². The largest absolute Gasteiger partial charge is 0.462 e. The molecule has 17 heavy (non-hydrogen) atoms. The van der Waals surface area contributed by atoms with Gasteiger partial charge < -0.3 is 9.52 Å². The van der Waals surface area contributed by atoms with Crippen LogP contribution in [0.15, 0.2) is 54.5 Å². The van der Waals surface area contributed by atoms with Gasteiger partial charge in [-0.15, -0.1) is 19.7 Å². The van der Waals surface area contributed by atoms with E-state index in [2.05, 4.69) is 24.6 Å². The lowest BCUT2D eigenvalue weighted by atomic mass is 10.2. The Morgan fingerprint density at radius 2 is 1.88 bits per heavy atom. The molecule has 1 N–H and O–H groups in total. The SMILES string of the molecule is C=CCN(CC=C)C(C=C)c1ccc(CO)o1. The van der Waals surface area contributed by atoms with E-state index in [0.717, 1.165) is 18.8 Å². The zero-order valence-corrected chi connectivity index (χ0v) is 10.0. The molecular formula is C14H19NO2. The summed E-state index contributed by atoms with van der Waals surface area (Å²) in [5, 5.41) is 8.99. The summed E-state index contributed by atoms with van der Waals surface area (Å²) in [6.07, 6.45) is 5.47. The van der Waals surface area contributed by atoms with Crippen LogP contribution in [-0.4, -0.2) is 23.1 Å². The van der Waals surface area contributed by atoms with E-state index in [4.69, 9.17) is 9.52 Å². The van der Waals surface area contributed by atoms with Crippen LogP contribution in [0.4, 0.5) is 0 Å². The Morgan fingerprint density at radius 3 is 2.29 bits per heavy atom. The summed E-state index contributed by atoms with van der Waals surface area (Å²) in [7, 11) is 0. The van der Waals surface area contributed by atoms with Crippen LogP contribution >= 0.6 is 0 Å². The molecule has 3 heteroatoms. The lowest BCUT2D eigenvalue weighted by Gasteiger charge is -2.25. The second-order valence-corrected chi connectivity index (χ2v) is 3.67. The average Bonchev–Trinajstić information content (AvgIpc) is 2.79. The molecule has 1 aromatic heterocycles. The van der Waals surface area contributed by atoms with E-state index in [-0.39, 0.29) is 12.6 Å². The summed E-state index contributed by atoms with van der Waals surface area (Å²) in [5.41, 5.74) is 0. The molecule has 0 spiro atoms. The lowest BCUT2D eigenvalue weighted by Crippen LogP contribution is -2.27. The molecule has 1 rings (SSSR count). The second kappa shape index (κ2) is 6.89. The van der Waals surface area contributed by atoms with Crippen molar-refractivity contribution in [1.82, 2.24) is 4.90 Å². The Kier molecular flexibility index (Phi) is 5.46. The molecule has 0 aliphatic heterocycles. The Hall–Kier alpha value is -1.58. The van der Waals surface area contributed by atoms with Crippen molar-refractivity contribution in [1.29, 1.82) is 0 Å². The summed E-state index contributed by atoms with van der Waals surface area (Å²) >= 11 is 0. The molecule has 92 valence electrons. The molecular weight excluding hydrogens is 214 g/mol. The first kappa shape index (κ1) is 13.5. The van der Waals surface area contributed by atoms with Crippen LogP contribution in [-0.2, 0) is 6.61 Å². The van der Waals surface area contributed by atoms with Crippen LogP contribution in [0.1, 0.15) is 17.6 Å². The number of aliphatic hydroxyl groups is 1. The first-order valence-electron chi connectivity index (χ1n) is 5.54. The van der Waals surface area contributed by atoms with Gasteiger partial charge in [-0.05, 0) is 12.1 Å². The summed E-state index contributed by atoms with van der Waals surface area (Å²) < 4.78 is 5.53. The van der Waals surface area contributed by atoms with Crippen LogP contribution in [0, 0.1) is 0 Å². The normalized spacial score (nSPS) is 12.4. The quantitative estimate of drug-likeness (QED) is 0.701. The Balaban J connectivity index is 2.89. The minimum atomic E-state index is -0.0905. The smallest absolute Gasteiger partial charge is 0.129 e. The monoisotopic (exact) mass is 233 g/mol. The van der Waals surface area contributed by atoms with Crippen LogP contribution < -0.4 is 0 Å². The predicted octanol–water partition coefficient (Wildman–Crippen LogP) is 2.67. The fourth-order valence-electron chi connectivity index (χ4n) is 1.72. The van der Waals surface area contributed by atoms with E-state index in [0.29, 0.717) is 5.76 Å². The molecule has 0 aliphatic rings. The van der Waals surface area contributed by atoms with E-state index in [1.807, 2.05) is 24.3 Å². The third-order valence-corrected chi connectivity index (χ3v) is 2.47. The molecule has 1 heterocycles. The molecule has 0 aromatic carbocycles. The van der Waals surface area contributed by atoms with Crippen molar-refractivity contribution < 1.29 is 9.52 Å². The molecule has 0 fully saturated rings. The van der Waals surface area contributed by atoms with Gasteiger partial charge in [-0.25, -0.2) is 0 Å². The van der Waals surface area contributed by atoms with Crippen molar-refractivity contribution in [2.75, 3.05) is 13.1 Å². The van der Waals surface area contributed by atoms with Crippen LogP contribution in [0.3, 0.4) is 0 Å². The molecule has 3 nitrogen and oxygen atoms in total. The van der Waals surface area contributed by atoms with Crippen LogP contribution in [0.5, 0.6) is 0 Å². The van der Waals surface area contributed by atoms with Gasteiger partial charge in [0.25, 0.3) is 0 Å². The number of hydrogen-bond acceptors (Lipinski definition) is 3. The van der Waals surface area contributed by atoms with Crippen molar-refractivity contribution in [3.63, 3.8) is 0 Å². The number of furan rings is 1. The maximum atomic E-state index is 8.99. The van der Waals surface area contributed by atoms with Crippen molar-refractivity contribution in [3.05, 3.63) is 61.6 Å². The van der Waals surface area contributed by atoms with E-state index in [9.17, 15) is 0 Å². The van der Waals surface area contributed by atoms with Gasteiger partial charge in [0.05, 0.1) is 6.04 Å². The van der Waals surface area contributed by atoms with Crippen LogP contribution in [0.2, 0.25) is 0 Å². The molecule has 0 amide bonds. The zero-order valence-electron chi connectivity index (χ0n) is 10.0. The molecule has 0 saturated heterocycles. The van der Waals surface area contributed by atoms with Gasteiger partial charge in [-0.2, -0.15) is 0 Å². The maximum absolute atomic E-state index is 8.99. The van der Waals surface area contributed by atoms with Crippen molar-refractivity contribution >= 4 is 0 Å². The first-order chi connectivity index (χ1) is 8.26. The van der Waals surface area contributed by atoms with Gasteiger partial charge in [0.2, 0.25) is 0 Å². The molecule has 0 radical (unpaired) electrons. The number of rotatable bonds is 8. The van der Waals surface area contributed by atoms with Gasteiger partial charge in [0.15, 0.2) is 0 Å². The third kappa shape index (κ3) is 3.44. The Morgan fingerprint density at radius 1 is 1.24 bits per heavy atom. The van der Waals surface area contributed by atoms with Crippen molar-refractivity contribution in [3.8, 4) is 0 Å². The van der Waals surface area contributed by atoms with Gasteiger partial charge in [-0.3, -0.25) is 4.90 Å². The average molecular weight is 233 g/mol. The van der Waals surface area contributed by atoms with Crippen LogP contribution in [0.25, 0.3) is 0 Å². The lowest BCUT2D eigenvalue weighted by molar-refractivity contribution is 0.219. The second-order valence-electron chi connectivity index (χ2n) is 3.67. The topological polar surface area (TPSA) is 36.6 Å². The molecule has 1 aromatic rings. The summed E-state index contributed by atoms with van der Waals surface area (Å²) in [6, 6.07) is 3.59. The van der Waals surface area contributed by atoms with Gasteiger partial charge >= 0.3 is 0 Å². The Bertz CT molecular complexity index is 371. The van der Waals surface area contributed by atoms with E-state index >= 15 is 0 Å². The van der Waals surface area contributed by atoms with Gasteiger partial charge in [-0.1, -0.05) is 18.2 Å². The predicted molar refractivity (Wildman–Crippen MR) is 69.5 cm³/mol. The summed E-state index contributed by atoms with van der Waals surface area (Å²) in [5.74, 6) is 1.33. The van der Waals surface area contributed by atoms with Gasteiger partial charge in [0, 0.05) is 13.1 Å². The van der Waals surface area contributed by atoms with Crippen molar-refractivity contribution in [2.45, 2.75) is 12.6 Å². The van der Waals surface area contributed by atoms with E-state index < -0.39 is 0 Å². The highest BCUT2D eigenvalue weighted by Gasteiger charge is 2.18. The highest BCUT2D eigenvalue weighted by atomic mass is 16.4. The minimum absolute atomic E-state index is 0.0358. The first-order valence-corrected chi connectivity index (χ1v) is 5.54. The fraction of sp³-hybridized carbons (Fsp3) is 0.286. The molecule has 0 aliphatic carbocycles. The highest BCUT2D eigenvalue weighted by molar-refractivity contribution is 5.15. The Labute approximate surface area is 102 Å². The zero-order chi connectivity index (χ0) is 12.7. The highest BCUT2D eigenvalue weighted by Crippen LogP contribution is 2.24. The van der Waals surface area contributed by atoms with E-state index in [1.54, 1.807) is 6.07 Å². The molecule has 1 unspecified atom stereocenters. The molecule has 1 atom stereocenters. The fourth-order valence-corrected chi connectivity index (χ4v) is 1.72. The number of hydrogen-bond donors (Lipinski definition) is 1. The van der Waals surface area contributed by atoms with Crippen molar-refractivity contribution in [2.24, 2.45) is 0 Å². The molecule has 0 saturated carbocycles. The maximum Gasteiger partial charge on any atom is 0.129 e. The number of nitrogens with zero attached hydrogens (tertiary/aromatic N) is 1. The summed E-state index contributed by atoms with van der Waals surface area (Å²) in [6.45, 7) is 12.6. The van der Waals surface area contributed by atoms with Gasteiger partial charge in [0.1, 0.15) is 18.1 Å². The third-order valence-electron chi connectivity index (χ3n) is 2.47. The minimum Gasteiger partial charge on any atom is -0.462 e. The summed E-state index contributed by atoms with van der Waals surface area (Å²) in [4.78, 5) is 2.12.